The van der Waals surface area contributed by atoms with Gasteiger partial charge < -0.3 is 10.2 Å². The normalized spacial score (nSPS) is 18.9. The Labute approximate surface area is 127 Å². The van der Waals surface area contributed by atoms with Gasteiger partial charge in [-0.3, -0.25) is 0 Å². The van der Waals surface area contributed by atoms with Crippen molar-refractivity contribution in [2.24, 2.45) is 0 Å². The van der Waals surface area contributed by atoms with Crippen LogP contribution in [-0.2, 0) is 6.54 Å². The number of nitrogens with one attached hydrogen (secondary N) is 1. The minimum atomic E-state index is 0.393. The van der Waals surface area contributed by atoms with E-state index in [0.717, 1.165) is 26.2 Å². The van der Waals surface area contributed by atoms with Crippen molar-refractivity contribution >= 4 is 17.6 Å². The van der Waals surface area contributed by atoms with Gasteiger partial charge in [-0.15, -0.1) is 0 Å². The van der Waals surface area contributed by atoms with Crippen LogP contribution in [0.4, 0.5) is 5.82 Å². The first-order valence-corrected chi connectivity index (χ1v) is 8.64. The highest BCUT2D eigenvalue weighted by Gasteiger charge is 2.25. The molecule has 0 spiro atoms. The van der Waals surface area contributed by atoms with Gasteiger partial charge in [-0.25, -0.2) is 4.98 Å². The van der Waals surface area contributed by atoms with Crippen LogP contribution in [0.2, 0.25) is 0 Å². The van der Waals surface area contributed by atoms with Crippen LogP contribution in [0.15, 0.2) is 18.3 Å². The molecule has 20 heavy (non-hydrogen) atoms. The van der Waals surface area contributed by atoms with Crippen LogP contribution in [0.5, 0.6) is 0 Å². The second kappa shape index (κ2) is 7.32. The molecule has 0 unspecified atom stereocenters. The van der Waals surface area contributed by atoms with Crippen molar-refractivity contribution in [2.45, 2.75) is 44.9 Å². The summed E-state index contributed by atoms with van der Waals surface area (Å²) in [6.45, 7) is 11.1. The van der Waals surface area contributed by atoms with Gasteiger partial charge in [0.2, 0.25) is 0 Å². The van der Waals surface area contributed by atoms with Crippen LogP contribution < -0.4 is 10.2 Å². The minimum absolute atomic E-state index is 0.393. The fourth-order valence-electron chi connectivity index (χ4n) is 2.48. The summed E-state index contributed by atoms with van der Waals surface area (Å²) in [4.78, 5) is 7.11. The summed E-state index contributed by atoms with van der Waals surface area (Å²) >= 11 is 2.08. The van der Waals surface area contributed by atoms with Gasteiger partial charge in [0, 0.05) is 41.9 Å². The Kier molecular flexibility index (Phi) is 5.73. The summed E-state index contributed by atoms with van der Waals surface area (Å²) < 4.78 is 0.393. The molecule has 0 aromatic carbocycles. The fourth-order valence-corrected chi connectivity index (χ4v) is 3.58. The Bertz CT molecular complexity index is 420. The quantitative estimate of drug-likeness (QED) is 0.843. The lowest BCUT2D eigenvalue weighted by Crippen LogP contribution is -2.29. The van der Waals surface area contributed by atoms with Crippen LogP contribution in [0, 0.1) is 0 Å². The molecule has 2 rings (SSSR count). The van der Waals surface area contributed by atoms with E-state index in [1.165, 1.54) is 30.0 Å². The number of pyridine rings is 1. The van der Waals surface area contributed by atoms with Crippen LogP contribution in [0.25, 0.3) is 0 Å². The second-order valence-corrected chi connectivity index (χ2v) is 7.81. The topological polar surface area (TPSA) is 28.2 Å². The summed E-state index contributed by atoms with van der Waals surface area (Å²) in [5.74, 6) is 2.36. The Morgan fingerprint density at radius 3 is 3.05 bits per heavy atom. The largest absolute Gasteiger partial charge is 0.355 e. The maximum absolute atomic E-state index is 4.65. The Morgan fingerprint density at radius 1 is 1.40 bits per heavy atom. The highest BCUT2D eigenvalue weighted by atomic mass is 32.2. The first kappa shape index (κ1) is 15.6. The molecule has 0 saturated carbocycles. The summed E-state index contributed by atoms with van der Waals surface area (Å²) in [7, 11) is 0. The molecule has 0 atom stereocenters. The van der Waals surface area contributed by atoms with Gasteiger partial charge >= 0.3 is 0 Å². The molecule has 0 amide bonds. The number of thioether (sulfide) groups is 1. The van der Waals surface area contributed by atoms with E-state index in [2.05, 4.69) is 53.8 Å². The third-order valence-corrected chi connectivity index (χ3v) is 5.12. The molecule has 1 aromatic rings. The Hall–Kier alpha value is -0.740. The zero-order valence-electron chi connectivity index (χ0n) is 13.0. The number of nitrogens with zero attached hydrogens (tertiary/aromatic N) is 2. The fraction of sp³-hybridized carbons (Fsp3) is 0.688. The van der Waals surface area contributed by atoms with Crippen molar-refractivity contribution < 1.29 is 0 Å². The summed E-state index contributed by atoms with van der Waals surface area (Å²) in [5.41, 5.74) is 1.32. The molecule has 1 fully saturated rings. The lowest BCUT2D eigenvalue weighted by molar-refractivity contribution is 0.629. The van der Waals surface area contributed by atoms with E-state index in [1.807, 2.05) is 12.3 Å². The first-order valence-electron chi connectivity index (χ1n) is 7.66. The molecular weight excluding hydrogens is 266 g/mol. The van der Waals surface area contributed by atoms with E-state index in [0.29, 0.717) is 4.75 Å². The van der Waals surface area contributed by atoms with E-state index in [1.54, 1.807) is 0 Å². The first-order chi connectivity index (χ1) is 9.62. The van der Waals surface area contributed by atoms with Gasteiger partial charge in [0.25, 0.3) is 0 Å². The number of aromatic nitrogens is 1. The smallest absolute Gasteiger partial charge is 0.133 e. The second-order valence-electron chi connectivity index (χ2n) is 6.01. The van der Waals surface area contributed by atoms with Crippen molar-refractivity contribution in [1.82, 2.24) is 10.3 Å². The molecular formula is C16H27N3S. The average Bonchev–Trinajstić information content (AvgIpc) is 2.61. The molecule has 0 aliphatic carbocycles. The third-order valence-electron chi connectivity index (χ3n) is 3.75. The summed E-state index contributed by atoms with van der Waals surface area (Å²) in [6, 6.07) is 4.25. The van der Waals surface area contributed by atoms with E-state index in [9.17, 15) is 0 Å². The standard InChI is InChI=1S/C16H27N3S/c1-4-8-17-13-14-6-5-9-18-15(14)19-10-7-16(2,3)20-12-11-19/h5-6,9,17H,4,7-8,10-13H2,1-3H3. The molecule has 112 valence electrons. The minimum Gasteiger partial charge on any atom is -0.355 e. The van der Waals surface area contributed by atoms with Gasteiger partial charge in [0.15, 0.2) is 0 Å². The SMILES string of the molecule is CCCNCc1cccnc1N1CCSC(C)(C)CC1. The van der Waals surface area contributed by atoms with Crippen molar-refractivity contribution in [1.29, 1.82) is 0 Å². The van der Waals surface area contributed by atoms with E-state index in [4.69, 9.17) is 0 Å². The van der Waals surface area contributed by atoms with Crippen molar-refractivity contribution in [3.63, 3.8) is 0 Å². The lowest BCUT2D eigenvalue weighted by atomic mass is 10.1. The monoisotopic (exact) mass is 293 g/mol. The Morgan fingerprint density at radius 2 is 2.25 bits per heavy atom. The molecule has 1 N–H and O–H groups in total. The summed E-state index contributed by atoms with van der Waals surface area (Å²) in [5, 5.41) is 3.49. The Balaban J connectivity index is 2.07. The highest BCUT2D eigenvalue weighted by Crippen LogP contribution is 2.32. The molecule has 1 aliphatic rings. The zero-order chi connectivity index (χ0) is 14.4. The van der Waals surface area contributed by atoms with Gasteiger partial charge in [0.05, 0.1) is 0 Å². The number of anilines is 1. The average molecular weight is 293 g/mol. The van der Waals surface area contributed by atoms with Crippen LogP contribution in [0.1, 0.15) is 39.2 Å². The molecule has 2 heterocycles. The summed E-state index contributed by atoms with van der Waals surface area (Å²) in [6.07, 6.45) is 4.31. The predicted octanol–water partition coefficient (Wildman–Crippen LogP) is 3.30. The number of hydrogen-bond acceptors (Lipinski definition) is 4. The molecule has 3 nitrogen and oxygen atoms in total. The van der Waals surface area contributed by atoms with Crippen molar-refractivity contribution in [3.05, 3.63) is 23.9 Å². The van der Waals surface area contributed by atoms with Gasteiger partial charge in [-0.05, 0) is 25.5 Å². The zero-order valence-corrected chi connectivity index (χ0v) is 13.8. The molecule has 4 heteroatoms. The number of hydrogen-bond donors (Lipinski definition) is 1. The highest BCUT2D eigenvalue weighted by molar-refractivity contribution is 8.00. The predicted molar refractivity (Wildman–Crippen MR) is 89.6 cm³/mol. The van der Waals surface area contributed by atoms with E-state index in [-0.39, 0.29) is 0 Å². The molecule has 1 aromatic heterocycles. The van der Waals surface area contributed by atoms with Crippen LogP contribution in [-0.4, -0.2) is 35.1 Å². The van der Waals surface area contributed by atoms with Gasteiger partial charge in [0.1, 0.15) is 5.82 Å². The van der Waals surface area contributed by atoms with Crippen LogP contribution in [0.3, 0.4) is 0 Å². The van der Waals surface area contributed by atoms with Crippen molar-refractivity contribution in [2.75, 3.05) is 30.3 Å². The maximum Gasteiger partial charge on any atom is 0.133 e. The lowest BCUT2D eigenvalue weighted by Gasteiger charge is -2.25. The third kappa shape index (κ3) is 4.38. The number of rotatable bonds is 5. The molecule has 1 aliphatic heterocycles. The molecule has 0 radical (unpaired) electrons. The maximum atomic E-state index is 4.65. The van der Waals surface area contributed by atoms with Gasteiger partial charge in [-0.1, -0.05) is 26.8 Å². The molecule has 0 bridgehead atoms. The molecule has 1 saturated heterocycles. The van der Waals surface area contributed by atoms with E-state index < -0.39 is 0 Å². The van der Waals surface area contributed by atoms with Gasteiger partial charge in [-0.2, -0.15) is 11.8 Å². The van der Waals surface area contributed by atoms with Crippen molar-refractivity contribution in [3.8, 4) is 0 Å². The van der Waals surface area contributed by atoms with E-state index >= 15 is 0 Å². The van der Waals surface area contributed by atoms with Crippen LogP contribution >= 0.6 is 11.8 Å².